The van der Waals surface area contributed by atoms with Crippen LogP contribution in [0.2, 0.25) is 5.02 Å². The Morgan fingerprint density at radius 3 is 2.27 bits per heavy atom. The highest BCUT2D eigenvalue weighted by atomic mass is 35.5. The number of hydrogen-bond acceptors (Lipinski definition) is 5. The summed E-state index contributed by atoms with van der Waals surface area (Å²) in [6.07, 6.45) is 4.11. The van der Waals surface area contributed by atoms with Gasteiger partial charge in [0.25, 0.3) is 0 Å². The van der Waals surface area contributed by atoms with Gasteiger partial charge >= 0.3 is 6.09 Å². The van der Waals surface area contributed by atoms with E-state index in [1.165, 1.54) is 23.1 Å². The zero-order valence-corrected chi connectivity index (χ0v) is 27.9. The quantitative estimate of drug-likeness (QED) is 0.374. The Labute approximate surface area is 286 Å². The number of ether oxygens (including phenoxy) is 1. The number of hydrogen-bond donors (Lipinski definition) is 2. The first-order valence-corrected chi connectivity index (χ1v) is 17.6. The Hall–Kier alpha value is -3.92. The first-order valence-electron chi connectivity index (χ1n) is 17.2. The molecular formula is C38H43ClN4O5. The van der Waals surface area contributed by atoms with Gasteiger partial charge in [-0.1, -0.05) is 66.2 Å². The molecule has 10 heteroatoms. The maximum absolute atomic E-state index is 14.2. The lowest BCUT2D eigenvalue weighted by Gasteiger charge is -2.40. The number of aryl methyl sites for hydroxylation is 1. The number of morpholine rings is 1. The van der Waals surface area contributed by atoms with Gasteiger partial charge < -0.3 is 20.1 Å². The summed E-state index contributed by atoms with van der Waals surface area (Å²) in [5, 5.41) is 13.5. The second-order valence-electron chi connectivity index (χ2n) is 13.5. The number of nitrogens with one attached hydrogen (secondary N) is 1. The van der Waals surface area contributed by atoms with Crippen LogP contribution in [0.4, 0.5) is 4.79 Å². The number of carbonyl (C=O) groups excluding carboxylic acids is 2. The number of piperidine rings is 1. The summed E-state index contributed by atoms with van der Waals surface area (Å²) in [4.78, 5) is 45.9. The summed E-state index contributed by atoms with van der Waals surface area (Å²) < 4.78 is 5.61. The number of likely N-dealkylation sites (tertiary alicyclic amines) is 1. The molecule has 0 aromatic heterocycles. The molecule has 3 aliphatic heterocycles. The van der Waals surface area contributed by atoms with Crippen LogP contribution in [0.5, 0.6) is 0 Å². The van der Waals surface area contributed by atoms with Crippen LogP contribution in [0.1, 0.15) is 64.6 Å². The van der Waals surface area contributed by atoms with Gasteiger partial charge in [-0.3, -0.25) is 19.4 Å². The van der Waals surface area contributed by atoms with E-state index in [-0.39, 0.29) is 18.9 Å². The molecule has 3 aromatic carbocycles. The number of carboxylic acid groups (broad SMARTS) is 1. The molecule has 3 heterocycles. The average Bonchev–Trinajstić information content (AvgIpc) is 3.13. The molecule has 2 fully saturated rings. The van der Waals surface area contributed by atoms with Crippen molar-refractivity contribution in [2.45, 2.75) is 69.1 Å². The molecule has 0 saturated carbocycles. The normalized spacial score (nSPS) is 22.4. The van der Waals surface area contributed by atoms with Crippen molar-refractivity contribution in [1.82, 2.24) is 20.0 Å². The number of halogens is 1. The highest BCUT2D eigenvalue weighted by Crippen LogP contribution is 2.37. The molecule has 2 saturated heterocycles. The molecule has 3 atom stereocenters. The SMILES string of the molecule is O=C(NC(C(=O)N1CCC(c2cccc3c2CC(N2CCOCC2)CC3)CC1)c1ccc(Cl)cc1)C1Cc2ccccc2CN1C(=O)O. The van der Waals surface area contributed by atoms with Crippen molar-refractivity contribution in [3.63, 3.8) is 0 Å². The number of nitrogens with zero attached hydrogens (tertiary/aromatic N) is 3. The minimum Gasteiger partial charge on any atom is -0.465 e. The molecule has 0 radical (unpaired) electrons. The Morgan fingerprint density at radius 1 is 0.833 bits per heavy atom. The Balaban J connectivity index is 1.06. The average molecular weight is 671 g/mol. The van der Waals surface area contributed by atoms with Gasteiger partial charge in [-0.25, -0.2) is 4.79 Å². The predicted octanol–water partition coefficient (Wildman–Crippen LogP) is 5.20. The van der Waals surface area contributed by atoms with E-state index in [1.807, 2.05) is 29.2 Å². The fourth-order valence-electron chi connectivity index (χ4n) is 8.17. The molecule has 48 heavy (non-hydrogen) atoms. The minimum atomic E-state index is -1.17. The van der Waals surface area contributed by atoms with Crippen molar-refractivity contribution in [2.24, 2.45) is 0 Å². The molecular weight excluding hydrogens is 628 g/mol. The molecule has 252 valence electrons. The Kier molecular flexibility index (Phi) is 9.71. The Morgan fingerprint density at radius 2 is 1.54 bits per heavy atom. The highest BCUT2D eigenvalue weighted by molar-refractivity contribution is 6.30. The van der Waals surface area contributed by atoms with Gasteiger partial charge in [0.15, 0.2) is 0 Å². The van der Waals surface area contributed by atoms with Crippen molar-refractivity contribution >= 4 is 29.5 Å². The molecule has 3 amide bonds. The van der Waals surface area contributed by atoms with Crippen molar-refractivity contribution in [2.75, 3.05) is 39.4 Å². The van der Waals surface area contributed by atoms with E-state index in [4.69, 9.17) is 16.3 Å². The van der Waals surface area contributed by atoms with Gasteiger partial charge in [0, 0.05) is 43.7 Å². The largest absolute Gasteiger partial charge is 0.465 e. The monoisotopic (exact) mass is 670 g/mol. The number of fused-ring (bicyclic) bond motifs is 2. The standard InChI is InChI=1S/C38H43ClN4O5/c39-30-11-8-27(9-12-30)35(40-36(44)34-22-28-4-1-2-5-29(28)24-43(34)38(46)47)37(45)42-16-14-26(15-17-42)32-7-3-6-25-10-13-31(23-33(25)32)41-18-20-48-21-19-41/h1-9,11-12,26,31,34-35H,10,13-24H2,(H,40,44)(H,46,47). The van der Waals surface area contributed by atoms with E-state index in [9.17, 15) is 19.5 Å². The van der Waals surface area contributed by atoms with E-state index in [2.05, 4.69) is 28.4 Å². The molecule has 2 N–H and O–H groups in total. The highest BCUT2D eigenvalue weighted by Gasteiger charge is 2.38. The topological polar surface area (TPSA) is 102 Å². The smallest absolute Gasteiger partial charge is 0.408 e. The summed E-state index contributed by atoms with van der Waals surface area (Å²) in [6, 6.07) is 19.9. The fourth-order valence-corrected chi connectivity index (χ4v) is 8.29. The lowest BCUT2D eigenvalue weighted by molar-refractivity contribution is -0.138. The van der Waals surface area contributed by atoms with Crippen LogP contribution in [0.25, 0.3) is 0 Å². The van der Waals surface area contributed by atoms with Gasteiger partial charge in [-0.2, -0.15) is 0 Å². The summed E-state index contributed by atoms with van der Waals surface area (Å²) in [5.41, 5.74) is 6.81. The number of benzene rings is 3. The van der Waals surface area contributed by atoms with Crippen LogP contribution in [-0.4, -0.2) is 89.2 Å². The summed E-state index contributed by atoms with van der Waals surface area (Å²) in [5.74, 6) is -0.312. The first-order chi connectivity index (χ1) is 23.4. The summed E-state index contributed by atoms with van der Waals surface area (Å²) in [6.45, 7) is 4.89. The zero-order valence-electron chi connectivity index (χ0n) is 27.2. The second kappa shape index (κ2) is 14.3. The predicted molar refractivity (Wildman–Crippen MR) is 183 cm³/mol. The fraction of sp³-hybridized carbons (Fsp3) is 0.447. The molecule has 3 unspecified atom stereocenters. The van der Waals surface area contributed by atoms with Crippen molar-refractivity contribution in [3.05, 3.63) is 105 Å². The van der Waals surface area contributed by atoms with E-state index in [0.29, 0.717) is 35.6 Å². The number of carbonyl (C=O) groups is 3. The first kappa shape index (κ1) is 32.6. The molecule has 7 rings (SSSR count). The van der Waals surface area contributed by atoms with Crippen molar-refractivity contribution in [1.29, 1.82) is 0 Å². The maximum atomic E-state index is 14.2. The van der Waals surface area contributed by atoms with E-state index in [0.717, 1.165) is 68.0 Å². The van der Waals surface area contributed by atoms with E-state index >= 15 is 0 Å². The van der Waals surface area contributed by atoms with E-state index < -0.39 is 24.1 Å². The lowest BCUT2D eigenvalue weighted by Crippen LogP contribution is -2.54. The number of rotatable bonds is 6. The molecule has 0 spiro atoms. The summed E-state index contributed by atoms with van der Waals surface area (Å²) >= 11 is 6.19. The van der Waals surface area contributed by atoms with Crippen LogP contribution in [0, 0.1) is 0 Å². The van der Waals surface area contributed by atoms with Gasteiger partial charge in [-0.15, -0.1) is 0 Å². The third kappa shape index (κ3) is 6.81. The maximum Gasteiger partial charge on any atom is 0.408 e. The minimum absolute atomic E-state index is 0.118. The lowest BCUT2D eigenvalue weighted by atomic mass is 9.78. The molecule has 3 aromatic rings. The van der Waals surface area contributed by atoms with Gasteiger partial charge in [-0.05, 0) is 83.5 Å². The summed E-state index contributed by atoms with van der Waals surface area (Å²) in [7, 11) is 0. The molecule has 4 aliphatic rings. The number of amides is 3. The molecule has 0 bridgehead atoms. The third-order valence-corrected chi connectivity index (χ3v) is 11.1. The molecule has 9 nitrogen and oxygen atoms in total. The van der Waals surface area contributed by atoms with Gasteiger partial charge in [0.2, 0.25) is 11.8 Å². The van der Waals surface area contributed by atoms with Crippen LogP contribution >= 0.6 is 11.6 Å². The van der Waals surface area contributed by atoms with Gasteiger partial charge in [0.1, 0.15) is 12.1 Å². The zero-order chi connectivity index (χ0) is 33.2. The van der Waals surface area contributed by atoms with Crippen molar-refractivity contribution in [3.8, 4) is 0 Å². The molecule has 1 aliphatic carbocycles. The van der Waals surface area contributed by atoms with Crippen LogP contribution in [0.15, 0.2) is 66.7 Å². The van der Waals surface area contributed by atoms with Crippen LogP contribution < -0.4 is 5.32 Å². The van der Waals surface area contributed by atoms with Gasteiger partial charge in [0.05, 0.1) is 19.8 Å². The van der Waals surface area contributed by atoms with Crippen LogP contribution in [0.3, 0.4) is 0 Å². The van der Waals surface area contributed by atoms with Crippen molar-refractivity contribution < 1.29 is 24.2 Å². The third-order valence-electron chi connectivity index (χ3n) is 10.8. The second-order valence-corrected chi connectivity index (χ2v) is 14.0. The van der Waals surface area contributed by atoms with E-state index in [1.54, 1.807) is 24.3 Å². The van der Waals surface area contributed by atoms with Crippen LogP contribution in [-0.2, 0) is 40.1 Å². The Bertz CT molecular complexity index is 1650.